The van der Waals surface area contributed by atoms with Gasteiger partial charge in [0.2, 0.25) is 0 Å². The summed E-state index contributed by atoms with van der Waals surface area (Å²) in [7, 11) is 0. The molecule has 0 aromatic heterocycles. The van der Waals surface area contributed by atoms with Crippen molar-refractivity contribution in [1.29, 1.82) is 0 Å². The molecule has 0 bridgehead atoms. The van der Waals surface area contributed by atoms with Gasteiger partial charge >= 0.3 is 0 Å². The Labute approximate surface area is 268 Å². The molecule has 6 rings (SSSR count). The number of nitrogens with zero attached hydrogens (tertiary/aromatic N) is 2. The van der Waals surface area contributed by atoms with Crippen LogP contribution in [-0.2, 0) is 5.41 Å². The maximum atomic E-state index is 2.32. The van der Waals surface area contributed by atoms with Crippen LogP contribution in [0.5, 0.6) is 0 Å². The van der Waals surface area contributed by atoms with Gasteiger partial charge in [0.15, 0.2) is 0 Å². The van der Waals surface area contributed by atoms with Crippen molar-refractivity contribution in [3.63, 3.8) is 0 Å². The summed E-state index contributed by atoms with van der Waals surface area (Å²) in [5.74, 6) is 0. The highest BCUT2D eigenvalue weighted by Crippen LogP contribution is 2.37. The lowest BCUT2D eigenvalue weighted by Gasteiger charge is -2.27. The fourth-order valence-corrected chi connectivity index (χ4v) is 5.51. The molecule has 45 heavy (non-hydrogen) atoms. The summed E-state index contributed by atoms with van der Waals surface area (Å²) >= 11 is 0. The fourth-order valence-electron chi connectivity index (χ4n) is 5.51. The van der Waals surface area contributed by atoms with E-state index in [1.807, 2.05) is 0 Å². The zero-order valence-electron chi connectivity index (χ0n) is 26.6. The number of hydrogen-bond donors (Lipinski definition) is 0. The Hall–Kier alpha value is -5.34. The molecule has 6 aromatic carbocycles. The van der Waals surface area contributed by atoms with Gasteiger partial charge in [0.05, 0.1) is 0 Å². The summed E-state index contributed by atoms with van der Waals surface area (Å²) in [6.45, 7) is 8.89. The predicted octanol–water partition coefficient (Wildman–Crippen LogP) is 12.4. The van der Waals surface area contributed by atoms with E-state index >= 15 is 0 Å². The van der Waals surface area contributed by atoms with E-state index in [9.17, 15) is 0 Å². The summed E-state index contributed by atoms with van der Waals surface area (Å²) in [6.07, 6.45) is 4.36. The minimum Gasteiger partial charge on any atom is -0.311 e. The first-order chi connectivity index (χ1) is 21.8. The first-order valence-corrected chi connectivity index (χ1v) is 15.6. The first-order valence-electron chi connectivity index (χ1n) is 15.6. The molecule has 0 saturated carbocycles. The van der Waals surface area contributed by atoms with E-state index in [0.717, 1.165) is 45.3 Å². The van der Waals surface area contributed by atoms with Crippen LogP contribution in [0, 0.1) is 6.92 Å². The minimum atomic E-state index is 0.116. The number of anilines is 6. The van der Waals surface area contributed by atoms with Gasteiger partial charge in [0.1, 0.15) is 0 Å². The molecule has 0 amide bonds. The summed E-state index contributed by atoms with van der Waals surface area (Å²) in [5.41, 5.74) is 11.8. The standard InChI is InChI=1S/C43H40N2/c1-33-15-25-39(26-16-33)45(42-31-23-36(24-32-42)43(2,3)4)41-29-21-35(22-30-41)18-17-34-19-27-40(28-20-34)44(37-11-7-5-8-12-37)38-13-9-6-10-14-38/h5-32H,1-4H3. The summed E-state index contributed by atoms with van der Waals surface area (Å²) in [5, 5.41) is 0. The van der Waals surface area contributed by atoms with Gasteiger partial charge in [-0.05, 0) is 102 Å². The normalized spacial score (nSPS) is 11.5. The Morgan fingerprint density at radius 1 is 0.378 bits per heavy atom. The Balaban J connectivity index is 1.23. The number of benzene rings is 6. The third-order valence-corrected chi connectivity index (χ3v) is 8.08. The number of para-hydroxylation sites is 2. The molecule has 0 aliphatic rings. The van der Waals surface area contributed by atoms with Gasteiger partial charge in [-0.25, -0.2) is 0 Å². The molecule has 0 fully saturated rings. The van der Waals surface area contributed by atoms with E-state index in [2.05, 4.69) is 207 Å². The van der Waals surface area contributed by atoms with Crippen molar-refractivity contribution in [1.82, 2.24) is 0 Å². The van der Waals surface area contributed by atoms with Crippen molar-refractivity contribution in [3.8, 4) is 0 Å². The Morgan fingerprint density at radius 2 is 0.689 bits per heavy atom. The molecule has 2 nitrogen and oxygen atoms in total. The van der Waals surface area contributed by atoms with Crippen LogP contribution < -0.4 is 9.80 Å². The largest absolute Gasteiger partial charge is 0.311 e. The minimum absolute atomic E-state index is 0.116. The Morgan fingerprint density at radius 3 is 1.04 bits per heavy atom. The Kier molecular flexibility index (Phi) is 8.66. The van der Waals surface area contributed by atoms with Crippen LogP contribution in [0.25, 0.3) is 12.2 Å². The molecule has 0 radical (unpaired) electrons. The van der Waals surface area contributed by atoms with Crippen molar-refractivity contribution in [2.45, 2.75) is 33.1 Å². The van der Waals surface area contributed by atoms with Gasteiger partial charge in [-0.3, -0.25) is 0 Å². The number of aryl methyl sites for hydroxylation is 1. The highest BCUT2D eigenvalue weighted by atomic mass is 15.1. The van der Waals surface area contributed by atoms with Gasteiger partial charge in [-0.15, -0.1) is 0 Å². The molecule has 0 unspecified atom stereocenters. The Bertz CT molecular complexity index is 1790. The SMILES string of the molecule is Cc1ccc(N(c2ccc(C=Cc3ccc(N(c4ccccc4)c4ccccc4)cc3)cc2)c2ccc(C(C)(C)C)cc2)cc1. The highest BCUT2D eigenvalue weighted by Gasteiger charge is 2.16. The molecule has 6 aromatic rings. The van der Waals surface area contributed by atoms with E-state index in [1.54, 1.807) is 0 Å². The number of rotatable bonds is 8. The maximum Gasteiger partial charge on any atom is 0.0462 e. The lowest BCUT2D eigenvalue weighted by Crippen LogP contribution is -2.13. The zero-order valence-corrected chi connectivity index (χ0v) is 26.6. The van der Waals surface area contributed by atoms with E-state index in [-0.39, 0.29) is 5.41 Å². The predicted molar refractivity (Wildman–Crippen MR) is 195 cm³/mol. The second-order valence-corrected chi connectivity index (χ2v) is 12.5. The van der Waals surface area contributed by atoms with Gasteiger partial charge in [0.25, 0.3) is 0 Å². The van der Waals surface area contributed by atoms with E-state index in [4.69, 9.17) is 0 Å². The van der Waals surface area contributed by atoms with Crippen LogP contribution in [0.3, 0.4) is 0 Å². The number of hydrogen-bond acceptors (Lipinski definition) is 2. The molecule has 0 aliphatic heterocycles. The summed E-state index contributed by atoms with van der Waals surface area (Å²) < 4.78 is 0. The van der Waals surface area contributed by atoms with Crippen LogP contribution >= 0.6 is 0 Å². The van der Waals surface area contributed by atoms with Gasteiger partial charge in [-0.1, -0.05) is 123 Å². The first kappa shape index (κ1) is 29.7. The molecular weight excluding hydrogens is 544 g/mol. The van der Waals surface area contributed by atoms with Crippen LogP contribution in [-0.4, -0.2) is 0 Å². The van der Waals surface area contributed by atoms with Crippen LogP contribution in [0.4, 0.5) is 34.1 Å². The van der Waals surface area contributed by atoms with Gasteiger partial charge in [-0.2, -0.15) is 0 Å². The third-order valence-electron chi connectivity index (χ3n) is 8.08. The van der Waals surface area contributed by atoms with Crippen molar-refractivity contribution in [2.75, 3.05) is 9.80 Å². The van der Waals surface area contributed by atoms with Crippen molar-refractivity contribution >= 4 is 46.3 Å². The molecule has 0 saturated heterocycles. The van der Waals surface area contributed by atoms with E-state index < -0.39 is 0 Å². The topological polar surface area (TPSA) is 6.48 Å². The van der Waals surface area contributed by atoms with Crippen molar-refractivity contribution in [2.24, 2.45) is 0 Å². The molecule has 0 atom stereocenters. The molecule has 0 spiro atoms. The molecule has 0 heterocycles. The van der Waals surface area contributed by atoms with Crippen LogP contribution in [0.15, 0.2) is 158 Å². The van der Waals surface area contributed by atoms with Gasteiger partial charge in [0, 0.05) is 34.1 Å². The van der Waals surface area contributed by atoms with Gasteiger partial charge < -0.3 is 9.80 Å². The lowest BCUT2D eigenvalue weighted by atomic mass is 9.87. The summed E-state index contributed by atoms with van der Waals surface area (Å²) in [4.78, 5) is 4.60. The molecular formula is C43H40N2. The average Bonchev–Trinajstić information content (AvgIpc) is 3.07. The zero-order chi connectivity index (χ0) is 31.2. The van der Waals surface area contributed by atoms with Crippen LogP contribution in [0.1, 0.15) is 43.0 Å². The quantitative estimate of drug-likeness (QED) is 0.164. The average molecular weight is 585 g/mol. The third kappa shape index (κ3) is 7.08. The maximum absolute atomic E-state index is 2.32. The smallest absolute Gasteiger partial charge is 0.0462 e. The lowest BCUT2D eigenvalue weighted by molar-refractivity contribution is 0.590. The monoisotopic (exact) mass is 584 g/mol. The van der Waals surface area contributed by atoms with Crippen molar-refractivity contribution < 1.29 is 0 Å². The van der Waals surface area contributed by atoms with Crippen LogP contribution in [0.2, 0.25) is 0 Å². The van der Waals surface area contributed by atoms with E-state index in [1.165, 1.54) is 11.1 Å². The van der Waals surface area contributed by atoms with Crippen molar-refractivity contribution in [3.05, 3.63) is 180 Å². The highest BCUT2D eigenvalue weighted by molar-refractivity contribution is 5.80. The second kappa shape index (κ2) is 13.1. The fraction of sp³-hybridized carbons (Fsp3) is 0.116. The molecule has 0 N–H and O–H groups in total. The van der Waals surface area contributed by atoms with E-state index in [0.29, 0.717) is 0 Å². The molecule has 0 aliphatic carbocycles. The summed E-state index contributed by atoms with van der Waals surface area (Å²) in [6, 6.07) is 56.2. The second-order valence-electron chi connectivity index (χ2n) is 12.5. The molecule has 2 heteroatoms. The molecule has 222 valence electrons.